The van der Waals surface area contributed by atoms with Gasteiger partial charge in [0.05, 0.1) is 11.0 Å². The van der Waals surface area contributed by atoms with Crippen molar-refractivity contribution in [2.24, 2.45) is 5.92 Å². The Labute approximate surface area is 132 Å². The number of nitrogens with one attached hydrogen (secondary N) is 1. The molecule has 2 rings (SSSR count). The number of carbonyl (C=O) groups excluding carboxylic acids is 1. The normalized spacial score (nSPS) is 11.0. The van der Waals surface area contributed by atoms with Crippen LogP contribution in [0.4, 0.5) is 0 Å². The number of fused-ring (bicyclic) bond motifs is 1. The van der Waals surface area contributed by atoms with Crippen molar-refractivity contribution in [2.75, 3.05) is 6.54 Å². The highest BCUT2D eigenvalue weighted by atomic mass is 16.1. The average Bonchev–Trinajstić information content (AvgIpc) is 2.87. The van der Waals surface area contributed by atoms with Crippen LogP contribution < -0.4 is 5.32 Å². The summed E-state index contributed by atoms with van der Waals surface area (Å²) in [6.45, 7) is 9.28. The number of nitrogens with zero attached hydrogens (tertiary/aromatic N) is 2. The minimum absolute atomic E-state index is 0.118. The molecule has 4 heteroatoms. The van der Waals surface area contributed by atoms with Crippen LogP contribution in [0, 0.1) is 5.92 Å². The molecule has 1 aromatic carbocycles. The largest absolute Gasteiger partial charge is 0.355 e. The smallest absolute Gasteiger partial charge is 0.223 e. The number of amides is 1. The van der Waals surface area contributed by atoms with Gasteiger partial charge in [-0.3, -0.25) is 4.79 Å². The number of para-hydroxylation sites is 2. The third kappa shape index (κ3) is 3.56. The molecule has 1 N–H and O–H groups in total. The van der Waals surface area contributed by atoms with Crippen LogP contribution in [-0.2, 0) is 17.8 Å². The standard InChI is InChI=1S/C18H25N3O/c1-4-13-21-16-10-8-7-9-15(16)20-17(21)11-12-19-18(22)14(5-2)6-3/h4,7-10,14H,1,5-6,11-13H2,2-3H3,(H,19,22). The lowest BCUT2D eigenvalue weighted by molar-refractivity contribution is -0.125. The average molecular weight is 299 g/mol. The van der Waals surface area contributed by atoms with Crippen LogP contribution in [0.1, 0.15) is 32.5 Å². The maximum absolute atomic E-state index is 12.0. The minimum atomic E-state index is 0.118. The van der Waals surface area contributed by atoms with Crippen molar-refractivity contribution < 1.29 is 4.79 Å². The van der Waals surface area contributed by atoms with Crippen molar-refractivity contribution in [1.82, 2.24) is 14.9 Å². The van der Waals surface area contributed by atoms with E-state index in [1.165, 1.54) is 0 Å². The Morgan fingerprint density at radius 3 is 2.77 bits per heavy atom. The summed E-state index contributed by atoms with van der Waals surface area (Å²) in [5.74, 6) is 1.26. The fourth-order valence-corrected chi connectivity index (χ4v) is 2.75. The van der Waals surface area contributed by atoms with Crippen LogP contribution in [0.15, 0.2) is 36.9 Å². The van der Waals surface area contributed by atoms with Crippen molar-refractivity contribution in [2.45, 2.75) is 39.7 Å². The fourth-order valence-electron chi connectivity index (χ4n) is 2.75. The third-order valence-electron chi connectivity index (χ3n) is 4.05. The van der Waals surface area contributed by atoms with E-state index in [-0.39, 0.29) is 11.8 Å². The first-order valence-corrected chi connectivity index (χ1v) is 8.04. The lowest BCUT2D eigenvalue weighted by Crippen LogP contribution is -2.32. The predicted octanol–water partition coefficient (Wildman–Crippen LogP) is 3.32. The second-order valence-corrected chi connectivity index (χ2v) is 5.47. The number of allylic oxidation sites excluding steroid dienone is 1. The molecule has 118 valence electrons. The van der Waals surface area contributed by atoms with Gasteiger partial charge < -0.3 is 9.88 Å². The van der Waals surface area contributed by atoms with E-state index in [2.05, 4.69) is 41.4 Å². The van der Waals surface area contributed by atoms with Crippen LogP contribution in [0.25, 0.3) is 11.0 Å². The highest BCUT2D eigenvalue weighted by Crippen LogP contribution is 2.16. The molecule has 0 unspecified atom stereocenters. The summed E-state index contributed by atoms with van der Waals surface area (Å²) in [4.78, 5) is 16.7. The zero-order valence-electron chi connectivity index (χ0n) is 13.5. The zero-order chi connectivity index (χ0) is 15.9. The van der Waals surface area contributed by atoms with E-state index in [1.54, 1.807) is 0 Å². The molecule has 0 saturated heterocycles. The monoisotopic (exact) mass is 299 g/mol. The van der Waals surface area contributed by atoms with Crippen molar-refractivity contribution in [3.63, 3.8) is 0 Å². The van der Waals surface area contributed by atoms with Gasteiger partial charge in [0, 0.05) is 25.4 Å². The van der Waals surface area contributed by atoms with E-state index in [0.717, 1.165) is 42.7 Å². The Kier molecular flexibility index (Phi) is 5.75. The van der Waals surface area contributed by atoms with E-state index in [1.807, 2.05) is 24.3 Å². The van der Waals surface area contributed by atoms with Crippen LogP contribution >= 0.6 is 0 Å². The summed E-state index contributed by atoms with van der Waals surface area (Å²) in [6, 6.07) is 8.09. The molecular formula is C18H25N3O. The van der Waals surface area contributed by atoms with Gasteiger partial charge in [0.2, 0.25) is 5.91 Å². The van der Waals surface area contributed by atoms with Gasteiger partial charge >= 0.3 is 0 Å². The fraction of sp³-hybridized carbons (Fsp3) is 0.444. The number of aromatic nitrogens is 2. The second kappa shape index (κ2) is 7.78. The molecule has 22 heavy (non-hydrogen) atoms. The molecule has 0 bridgehead atoms. The number of carbonyl (C=O) groups is 1. The van der Waals surface area contributed by atoms with Crippen LogP contribution in [0.3, 0.4) is 0 Å². The van der Waals surface area contributed by atoms with Gasteiger partial charge in [-0.15, -0.1) is 6.58 Å². The first kappa shape index (κ1) is 16.3. The molecule has 2 aromatic rings. The SMILES string of the molecule is C=CCn1c(CCNC(=O)C(CC)CC)nc2ccccc21. The molecule has 4 nitrogen and oxygen atoms in total. The number of imidazole rings is 1. The molecule has 0 saturated carbocycles. The molecule has 0 radical (unpaired) electrons. The number of rotatable bonds is 8. The van der Waals surface area contributed by atoms with Crippen molar-refractivity contribution in [3.8, 4) is 0 Å². The second-order valence-electron chi connectivity index (χ2n) is 5.47. The molecule has 0 aliphatic carbocycles. The minimum Gasteiger partial charge on any atom is -0.355 e. The van der Waals surface area contributed by atoms with E-state index in [0.29, 0.717) is 6.54 Å². The lowest BCUT2D eigenvalue weighted by Gasteiger charge is -2.13. The Morgan fingerprint density at radius 2 is 2.09 bits per heavy atom. The Morgan fingerprint density at radius 1 is 1.36 bits per heavy atom. The van der Waals surface area contributed by atoms with Crippen molar-refractivity contribution >= 4 is 16.9 Å². The van der Waals surface area contributed by atoms with E-state index >= 15 is 0 Å². The summed E-state index contributed by atoms with van der Waals surface area (Å²) in [6.07, 6.45) is 4.38. The van der Waals surface area contributed by atoms with Crippen LogP contribution in [0.5, 0.6) is 0 Å². The zero-order valence-corrected chi connectivity index (χ0v) is 13.5. The van der Waals surface area contributed by atoms with Crippen molar-refractivity contribution in [3.05, 3.63) is 42.7 Å². The highest BCUT2D eigenvalue weighted by Gasteiger charge is 2.14. The van der Waals surface area contributed by atoms with Crippen molar-refractivity contribution in [1.29, 1.82) is 0 Å². The van der Waals surface area contributed by atoms with Gasteiger partial charge in [-0.1, -0.05) is 32.1 Å². The molecule has 1 aromatic heterocycles. The molecule has 0 fully saturated rings. The molecule has 1 heterocycles. The molecule has 0 aliphatic rings. The summed E-state index contributed by atoms with van der Waals surface area (Å²) in [5, 5.41) is 3.03. The van der Waals surface area contributed by atoms with E-state index in [4.69, 9.17) is 0 Å². The lowest BCUT2D eigenvalue weighted by atomic mass is 10.0. The molecular weight excluding hydrogens is 274 g/mol. The van der Waals surface area contributed by atoms with Crippen LogP contribution in [0.2, 0.25) is 0 Å². The Hall–Kier alpha value is -2.10. The summed E-state index contributed by atoms with van der Waals surface area (Å²) in [7, 11) is 0. The molecule has 0 aliphatic heterocycles. The van der Waals surface area contributed by atoms with Gasteiger partial charge in [0.15, 0.2) is 0 Å². The predicted molar refractivity (Wildman–Crippen MR) is 90.7 cm³/mol. The number of hydrogen-bond acceptors (Lipinski definition) is 2. The summed E-state index contributed by atoms with van der Waals surface area (Å²) in [5.41, 5.74) is 2.11. The van der Waals surface area contributed by atoms with Gasteiger partial charge in [-0.2, -0.15) is 0 Å². The van der Waals surface area contributed by atoms with Gasteiger partial charge in [0.1, 0.15) is 5.82 Å². The summed E-state index contributed by atoms with van der Waals surface area (Å²) < 4.78 is 2.16. The molecule has 0 atom stereocenters. The first-order chi connectivity index (χ1) is 10.7. The van der Waals surface area contributed by atoms with E-state index < -0.39 is 0 Å². The number of benzene rings is 1. The quantitative estimate of drug-likeness (QED) is 0.760. The van der Waals surface area contributed by atoms with Gasteiger partial charge in [-0.25, -0.2) is 4.98 Å². The Bertz CT molecular complexity index is 641. The maximum atomic E-state index is 12.0. The Balaban J connectivity index is 2.06. The highest BCUT2D eigenvalue weighted by molar-refractivity contribution is 5.78. The third-order valence-corrected chi connectivity index (χ3v) is 4.05. The van der Waals surface area contributed by atoms with E-state index in [9.17, 15) is 4.79 Å². The van der Waals surface area contributed by atoms with Gasteiger partial charge in [-0.05, 0) is 25.0 Å². The van der Waals surface area contributed by atoms with Crippen LogP contribution in [-0.4, -0.2) is 22.0 Å². The molecule has 1 amide bonds. The topological polar surface area (TPSA) is 46.9 Å². The first-order valence-electron chi connectivity index (χ1n) is 8.04. The molecule has 0 spiro atoms. The van der Waals surface area contributed by atoms with Gasteiger partial charge in [0.25, 0.3) is 0 Å². The maximum Gasteiger partial charge on any atom is 0.223 e. The summed E-state index contributed by atoms with van der Waals surface area (Å²) >= 11 is 0. The number of hydrogen-bond donors (Lipinski definition) is 1.